The molecule has 0 aliphatic heterocycles. The average molecular weight is 234 g/mol. The minimum Gasteiger partial charge on any atom is -0.386 e. The van der Waals surface area contributed by atoms with Crippen molar-refractivity contribution in [1.82, 2.24) is 0 Å². The Labute approximate surface area is 104 Å². The molecule has 0 spiro atoms. The van der Waals surface area contributed by atoms with Gasteiger partial charge in [-0.1, -0.05) is 37.6 Å². The Morgan fingerprint density at radius 1 is 1.35 bits per heavy atom. The normalized spacial score (nSPS) is 24.1. The fraction of sp³-hybridized carbons (Fsp3) is 0.600. The summed E-state index contributed by atoms with van der Waals surface area (Å²) in [5, 5.41) is 10.4. The highest BCUT2D eigenvalue weighted by Crippen LogP contribution is 2.30. The summed E-state index contributed by atoms with van der Waals surface area (Å²) in [5.41, 5.74) is 2.34. The number of ether oxygens (including phenoxy) is 1. The molecule has 2 nitrogen and oxygen atoms in total. The van der Waals surface area contributed by atoms with Crippen LogP contribution in [0.2, 0.25) is 0 Å². The molecule has 0 saturated heterocycles. The number of hydrogen-bond acceptors (Lipinski definition) is 2. The molecule has 1 aliphatic rings. The number of hydrogen-bond donors (Lipinski definition) is 1. The summed E-state index contributed by atoms with van der Waals surface area (Å²) >= 11 is 0. The quantitative estimate of drug-likeness (QED) is 0.640. The van der Waals surface area contributed by atoms with Crippen molar-refractivity contribution >= 4 is 0 Å². The topological polar surface area (TPSA) is 29.5 Å². The summed E-state index contributed by atoms with van der Waals surface area (Å²) in [6, 6.07) is 8.19. The molecule has 2 atom stereocenters. The first-order chi connectivity index (χ1) is 8.33. The second kappa shape index (κ2) is 6.18. The predicted octanol–water partition coefficient (Wildman–Crippen LogP) is 3.24. The van der Waals surface area contributed by atoms with Crippen LogP contribution >= 0.6 is 0 Å². The van der Waals surface area contributed by atoms with Crippen LogP contribution in [0.5, 0.6) is 0 Å². The summed E-state index contributed by atoms with van der Waals surface area (Å²) in [6.45, 7) is 2.92. The van der Waals surface area contributed by atoms with E-state index in [0.717, 1.165) is 44.3 Å². The number of fused-ring (bicyclic) bond motifs is 1. The monoisotopic (exact) mass is 234 g/mol. The predicted molar refractivity (Wildman–Crippen MR) is 69.0 cm³/mol. The maximum atomic E-state index is 10.4. The van der Waals surface area contributed by atoms with E-state index >= 15 is 0 Å². The van der Waals surface area contributed by atoms with Crippen molar-refractivity contribution in [3.8, 4) is 0 Å². The molecule has 1 aromatic rings. The molecule has 1 N–H and O–H groups in total. The molecule has 0 bridgehead atoms. The Balaban J connectivity index is 2.06. The number of aliphatic hydroxyl groups is 1. The van der Waals surface area contributed by atoms with Gasteiger partial charge in [0.2, 0.25) is 0 Å². The van der Waals surface area contributed by atoms with E-state index in [0.29, 0.717) is 0 Å². The van der Waals surface area contributed by atoms with Crippen LogP contribution in [0.3, 0.4) is 0 Å². The molecule has 0 saturated carbocycles. The van der Waals surface area contributed by atoms with Gasteiger partial charge in [-0.3, -0.25) is 0 Å². The first kappa shape index (κ1) is 12.6. The molecule has 94 valence electrons. The lowest BCUT2D eigenvalue weighted by Gasteiger charge is -2.22. The standard InChI is InChI=1S/C15H22O2/c1-2-3-11-17-14-10-6-8-12-7-4-5-9-13(12)15(14)16/h4-5,7,9,14-16H,2-3,6,8,10-11H2,1H3. The molecular formula is C15H22O2. The molecule has 0 aromatic heterocycles. The van der Waals surface area contributed by atoms with E-state index in [-0.39, 0.29) is 6.10 Å². The van der Waals surface area contributed by atoms with Crippen molar-refractivity contribution < 1.29 is 9.84 Å². The zero-order valence-electron chi connectivity index (χ0n) is 10.6. The van der Waals surface area contributed by atoms with Gasteiger partial charge in [-0.2, -0.15) is 0 Å². The van der Waals surface area contributed by atoms with Crippen LogP contribution in [0.15, 0.2) is 24.3 Å². The third-order valence-electron chi connectivity index (χ3n) is 3.49. The van der Waals surface area contributed by atoms with Gasteiger partial charge in [0.15, 0.2) is 0 Å². The SMILES string of the molecule is CCCCOC1CCCc2ccccc2C1O. The Kier molecular flexibility index (Phi) is 4.57. The number of aryl methyl sites for hydroxylation is 1. The molecule has 1 aliphatic carbocycles. The molecule has 0 fully saturated rings. The van der Waals surface area contributed by atoms with Gasteiger partial charge in [0, 0.05) is 6.61 Å². The van der Waals surface area contributed by atoms with Gasteiger partial charge in [0.25, 0.3) is 0 Å². The van der Waals surface area contributed by atoms with Crippen LogP contribution in [0.4, 0.5) is 0 Å². The molecular weight excluding hydrogens is 212 g/mol. The minimum absolute atomic E-state index is 0.0230. The van der Waals surface area contributed by atoms with Crippen LogP contribution in [0.1, 0.15) is 49.8 Å². The molecule has 2 rings (SSSR count). The van der Waals surface area contributed by atoms with Crippen molar-refractivity contribution in [2.75, 3.05) is 6.61 Å². The van der Waals surface area contributed by atoms with Gasteiger partial charge in [0.05, 0.1) is 6.10 Å². The van der Waals surface area contributed by atoms with E-state index in [1.54, 1.807) is 0 Å². The summed E-state index contributed by atoms with van der Waals surface area (Å²) in [4.78, 5) is 0. The van der Waals surface area contributed by atoms with Crippen molar-refractivity contribution in [3.05, 3.63) is 35.4 Å². The molecule has 0 amide bonds. The Morgan fingerprint density at radius 2 is 2.18 bits per heavy atom. The molecule has 1 aromatic carbocycles. The van der Waals surface area contributed by atoms with E-state index in [9.17, 15) is 5.11 Å². The van der Waals surface area contributed by atoms with Crippen molar-refractivity contribution in [1.29, 1.82) is 0 Å². The van der Waals surface area contributed by atoms with Gasteiger partial charge < -0.3 is 9.84 Å². The first-order valence-electron chi connectivity index (χ1n) is 6.70. The van der Waals surface area contributed by atoms with E-state index in [1.165, 1.54) is 5.56 Å². The maximum absolute atomic E-state index is 10.4. The first-order valence-corrected chi connectivity index (χ1v) is 6.70. The second-order valence-electron chi connectivity index (χ2n) is 4.80. The van der Waals surface area contributed by atoms with Gasteiger partial charge in [-0.05, 0) is 36.8 Å². The Morgan fingerprint density at radius 3 is 3.00 bits per heavy atom. The van der Waals surface area contributed by atoms with E-state index < -0.39 is 6.10 Å². The number of benzene rings is 1. The summed E-state index contributed by atoms with van der Waals surface area (Å²) < 4.78 is 5.82. The van der Waals surface area contributed by atoms with Crippen LogP contribution in [0, 0.1) is 0 Å². The van der Waals surface area contributed by atoms with Crippen molar-refractivity contribution in [2.45, 2.75) is 51.2 Å². The minimum atomic E-state index is -0.453. The summed E-state index contributed by atoms with van der Waals surface area (Å²) in [6.07, 6.45) is 4.85. The summed E-state index contributed by atoms with van der Waals surface area (Å²) in [5.74, 6) is 0. The van der Waals surface area contributed by atoms with Gasteiger partial charge in [-0.25, -0.2) is 0 Å². The second-order valence-corrected chi connectivity index (χ2v) is 4.80. The van der Waals surface area contributed by atoms with Crippen LogP contribution in [-0.2, 0) is 11.2 Å². The Hall–Kier alpha value is -0.860. The largest absolute Gasteiger partial charge is 0.386 e. The fourth-order valence-electron chi connectivity index (χ4n) is 2.46. The van der Waals surface area contributed by atoms with E-state index in [4.69, 9.17) is 4.74 Å². The molecule has 2 unspecified atom stereocenters. The lowest BCUT2D eigenvalue weighted by molar-refractivity contribution is -0.0425. The highest BCUT2D eigenvalue weighted by molar-refractivity contribution is 5.30. The van der Waals surface area contributed by atoms with Crippen LogP contribution in [-0.4, -0.2) is 17.8 Å². The third-order valence-corrected chi connectivity index (χ3v) is 3.49. The molecule has 0 heterocycles. The van der Waals surface area contributed by atoms with E-state index in [1.807, 2.05) is 18.2 Å². The molecule has 17 heavy (non-hydrogen) atoms. The molecule has 2 heteroatoms. The highest BCUT2D eigenvalue weighted by atomic mass is 16.5. The smallest absolute Gasteiger partial charge is 0.105 e. The zero-order valence-corrected chi connectivity index (χ0v) is 10.6. The van der Waals surface area contributed by atoms with E-state index in [2.05, 4.69) is 13.0 Å². The van der Waals surface area contributed by atoms with Gasteiger partial charge >= 0.3 is 0 Å². The van der Waals surface area contributed by atoms with Gasteiger partial charge in [0.1, 0.15) is 6.10 Å². The molecule has 0 radical (unpaired) electrons. The van der Waals surface area contributed by atoms with Crippen LogP contribution < -0.4 is 0 Å². The zero-order chi connectivity index (χ0) is 12.1. The highest BCUT2D eigenvalue weighted by Gasteiger charge is 2.26. The average Bonchev–Trinajstić information content (AvgIpc) is 2.51. The maximum Gasteiger partial charge on any atom is 0.105 e. The Bertz CT molecular complexity index is 349. The van der Waals surface area contributed by atoms with Crippen molar-refractivity contribution in [2.24, 2.45) is 0 Å². The fourth-order valence-corrected chi connectivity index (χ4v) is 2.46. The lowest BCUT2D eigenvalue weighted by Crippen LogP contribution is -2.22. The summed E-state index contributed by atoms with van der Waals surface area (Å²) in [7, 11) is 0. The van der Waals surface area contributed by atoms with Crippen LogP contribution in [0.25, 0.3) is 0 Å². The third kappa shape index (κ3) is 3.08. The van der Waals surface area contributed by atoms with Crippen molar-refractivity contribution in [3.63, 3.8) is 0 Å². The lowest BCUT2D eigenvalue weighted by atomic mass is 10.0. The van der Waals surface area contributed by atoms with Gasteiger partial charge in [-0.15, -0.1) is 0 Å². The number of rotatable bonds is 4. The number of aliphatic hydroxyl groups excluding tert-OH is 1. The number of unbranched alkanes of at least 4 members (excludes halogenated alkanes) is 1.